The van der Waals surface area contributed by atoms with Crippen molar-refractivity contribution < 1.29 is 14.3 Å². The number of benzene rings is 1. The Balaban J connectivity index is 1.41. The van der Waals surface area contributed by atoms with Gasteiger partial charge < -0.3 is 9.47 Å². The van der Waals surface area contributed by atoms with E-state index in [1.54, 1.807) is 13.3 Å². The molecule has 4 aliphatic rings. The number of carbonyl (C=O) groups is 1. The number of nitrogens with zero attached hydrogens (tertiary/aromatic N) is 1. The van der Waals surface area contributed by atoms with Crippen molar-refractivity contribution in [2.24, 2.45) is 28.3 Å². The van der Waals surface area contributed by atoms with Crippen LogP contribution in [0.25, 0.3) is 0 Å². The van der Waals surface area contributed by atoms with Gasteiger partial charge in [-0.05, 0) is 87.0 Å². The molecular formula is C21H28N2O3. The molecule has 26 heavy (non-hydrogen) atoms. The molecule has 1 aromatic rings. The van der Waals surface area contributed by atoms with E-state index in [4.69, 9.17) is 9.47 Å². The van der Waals surface area contributed by atoms with Gasteiger partial charge in [-0.1, -0.05) is 0 Å². The summed E-state index contributed by atoms with van der Waals surface area (Å²) in [6.07, 6.45) is 8.84. The van der Waals surface area contributed by atoms with Crippen LogP contribution < -0.4 is 14.9 Å². The molecule has 0 atom stereocenters. The van der Waals surface area contributed by atoms with Crippen molar-refractivity contribution in [3.05, 3.63) is 23.8 Å². The first kappa shape index (κ1) is 17.4. The molecular weight excluding hydrogens is 328 g/mol. The minimum Gasteiger partial charge on any atom is -0.493 e. The maximum atomic E-state index is 12.9. The van der Waals surface area contributed by atoms with Crippen LogP contribution in [-0.2, 0) is 4.79 Å². The van der Waals surface area contributed by atoms with Crippen LogP contribution in [0.2, 0.25) is 0 Å². The molecule has 4 saturated carbocycles. The number of amides is 1. The lowest BCUT2D eigenvalue weighted by atomic mass is 9.49. The fourth-order valence-electron chi connectivity index (χ4n) is 5.71. The standard InChI is InChI=1S/C21H28N2O3/c1-3-26-18-5-4-14(9-19(18)25-2)13-22-23-20(24)21-10-15-6-16(11-21)8-17(7-15)12-21/h4-5,9,13,15-17H,3,6-8,10-12H2,1-2H3,(H,23,24)/b22-13-. The normalized spacial score (nSPS) is 32.0. The minimum absolute atomic E-state index is 0.116. The zero-order valence-electron chi connectivity index (χ0n) is 15.7. The van der Waals surface area contributed by atoms with E-state index in [2.05, 4.69) is 10.5 Å². The van der Waals surface area contributed by atoms with E-state index in [0.29, 0.717) is 18.1 Å². The second-order valence-electron chi connectivity index (χ2n) is 8.24. The molecule has 0 saturated heterocycles. The second kappa shape index (κ2) is 6.93. The number of methoxy groups -OCH3 is 1. The van der Waals surface area contributed by atoms with Gasteiger partial charge >= 0.3 is 0 Å². The highest BCUT2D eigenvalue weighted by atomic mass is 16.5. The van der Waals surface area contributed by atoms with Crippen LogP contribution in [0.4, 0.5) is 0 Å². The fourth-order valence-corrected chi connectivity index (χ4v) is 5.71. The van der Waals surface area contributed by atoms with E-state index in [9.17, 15) is 4.79 Å². The lowest BCUT2D eigenvalue weighted by molar-refractivity contribution is -0.146. The summed E-state index contributed by atoms with van der Waals surface area (Å²) in [7, 11) is 1.62. The van der Waals surface area contributed by atoms with Crippen LogP contribution in [-0.4, -0.2) is 25.8 Å². The summed E-state index contributed by atoms with van der Waals surface area (Å²) in [6.45, 7) is 2.53. The van der Waals surface area contributed by atoms with Gasteiger partial charge in [0.2, 0.25) is 5.91 Å². The lowest BCUT2D eigenvalue weighted by Crippen LogP contribution is -2.52. The number of nitrogens with one attached hydrogen (secondary N) is 1. The van der Waals surface area contributed by atoms with Gasteiger partial charge in [0, 0.05) is 0 Å². The SMILES string of the molecule is CCOc1ccc(/C=N\NC(=O)C23CC4CC(CC(C4)C2)C3)cc1OC. The molecule has 5 nitrogen and oxygen atoms in total. The third kappa shape index (κ3) is 3.19. The zero-order chi connectivity index (χ0) is 18.1. The Kier molecular flexibility index (Phi) is 4.63. The predicted molar refractivity (Wildman–Crippen MR) is 101 cm³/mol. The van der Waals surface area contributed by atoms with Gasteiger partial charge in [-0.2, -0.15) is 5.10 Å². The first-order valence-electron chi connectivity index (χ1n) is 9.76. The van der Waals surface area contributed by atoms with Crippen molar-refractivity contribution in [2.75, 3.05) is 13.7 Å². The molecule has 0 spiro atoms. The van der Waals surface area contributed by atoms with Crippen LogP contribution in [0.3, 0.4) is 0 Å². The molecule has 140 valence electrons. The number of hydrazone groups is 1. The molecule has 4 fully saturated rings. The average molecular weight is 356 g/mol. The Labute approximate surface area is 155 Å². The third-order valence-electron chi connectivity index (χ3n) is 6.39. The van der Waals surface area contributed by atoms with Crippen LogP contribution in [0.5, 0.6) is 11.5 Å². The van der Waals surface area contributed by atoms with Crippen molar-refractivity contribution in [1.82, 2.24) is 5.43 Å². The average Bonchev–Trinajstić information content (AvgIpc) is 2.61. The van der Waals surface area contributed by atoms with Gasteiger partial charge in [0.25, 0.3) is 0 Å². The van der Waals surface area contributed by atoms with Crippen molar-refractivity contribution in [1.29, 1.82) is 0 Å². The molecule has 5 rings (SSSR count). The van der Waals surface area contributed by atoms with Crippen molar-refractivity contribution >= 4 is 12.1 Å². The van der Waals surface area contributed by atoms with Crippen molar-refractivity contribution in [3.8, 4) is 11.5 Å². The van der Waals surface area contributed by atoms with E-state index >= 15 is 0 Å². The lowest BCUT2D eigenvalue weighted by Gasteiger charge is -2.55. The summed E-state index contributed by atoms with van der Waals surface area (Å²) in [5, 5.41) is 4.23. The first-order valence-corrected chi connectivity index (χ1v) is 9.76. The number of ether oxygens (including phenoxy) is 2. The molecule has 1 aromatic carbocycles. The summed E-state index contributed by atoms with van der Waals surface area (Å²) in [5.41, 5.74) is 3.53. The molecule has 0 aromatic heterocycles. The Morgan fingerprint density at radius 2 is 1.85 bits per heavy atom. The van der Waals surface area contributed by atoms with Gasteiger partial charge in [0.15, 0.2) is 11.5 Å². The van der Waals surface area contributed by atoms with Gasteiger partial charge in [0.05, 0.1) is 25.3 Å². The Bertz CT molecular complexity index is 678. The molecule has 0 unspecified atom stereocenters. The van der Waals surface area contributed by atoms with Crippen LogP contribution in [0.15, 0.2) is 23.3 Å². The zero-order valence-corrected chi connectivity index (χ0v) is 15.7. The maximum absolute atomic E-state index is 12.9. The van der Waals surface area contributed by atoms with Crippen LogP contribution in [0, 0.1) is 23.2 Å². The monoisotopic (exact) mass is 356 g/mol. The molecule has 5 heteroatoms. The Morgan fingerprint density at radius 3 is 2.42 bits per heavy atom. The molecule has 1 amide bonds. The number of hydrogen-bond donors (Lipinski definition) is 1. The van der Waals surface area contributed by atoms with E-state index in [1.807, 2.05) is 25.1 Å². The van der Waals surface area contributed by atoms with E-state index in [1.165, 1.54) is 19.3 Å². The van der Waals surface area contributed by atoms with E-state index < -0.39 is 0 Å². The van der Waals surface area contributed by atoms with Crippen molar-refractivity contribution in [2.45, 2.75) is 45.4 Å². The first-order chi connectivity index (χ1) is 12.6. The quantitative estimate of drug-likeness (QED) is 0.624. The summed E-state index contributed by atoms with van der Waals surface area (Å²) >= 11 is 0. The highest BCUT2D eigenvalue weighted by Crippen LogP contribution is 2.60. The summed E-state index contributed by atoms with van der Waals surface area (Å²) in [6, 6.07) is 5.64. The van der Waals surface area contributed by atoms with Crippen LogP contribution in [0.1, 0.15) is 51.0 Å². The molecule has 1 N–H and O–H groups in total. The highest BCUT2D eigenvalue weighted by Gasteiger charge is 2.54. The molecule has 0 heterocycles. The summed E-state index contributed by atoms with van der Waals surface area (Å²) in [4.78, 5) is 12.9. The smallest absolute Gasteiger partial charge is 0.246 e. The highest BCUT2D eigenvalue weighted by molar-refractivity contribution is 5.86. The van der Waals surface area contributed by atoms with Crippen LogP contribution >= 0.6 is 0 Å². The number of hydrogen-bond acceptors (Lipinski definition) is 4. The summed E-state index contributed by atoms with van der Waals surface area (Å²) in [5.74, 6) is 3.77. The van der Waals surface area contributed by atoms with Gasteiger partial charge in [-0.3, -0.25) is 4.79 Å². The Hall–Kier alpha value is -2.04. The van der Waals surface area contributed by atoms with Crippen molar-refractivity contribution in [3.63, 3.8) is 0 Å². The predicted octanol–water partition coefficient (Wildman–Crippen LogP) is 3.76. The fraction of sp³-hybridized carbons (Fsp3) is 0.619. The van der Waals surface area contributed by atoms with Gasteiger partial charge in [0.1, 0.15) is 0 Å². The molecule has 4 aliphatic carbocycles. The molecule has 0 aliphatic heterocycles. The minimum atomic E-state index is -0.164. The molecule has 4 bridgehead atoms. The third-order valence-corrected chi connectivity index (χ3v) is 6.39. The van der Waals surface area contributed by atoms with E-state index in [-0.39, 0.29) is 11.3 Å². The number of carbonyl (C=O) groups excluding carboxylic acids is 1. The second-order valence-corrected chi connectivity index (χ2v) is 8.24. The summed E-state index contributed by atoms with van der Waals surface area (Å²) < 4.78 is 10.9. The van der Waals surface area contributed by atoms with Gasteiger partial charge in [-0.15, -0.1) is 0 Å². The Morgan fingerprint density at radius 1 is 1.19 bits per heavy atom. The van der Waals surface area contributed by atoms with E-state index in [0.717, 1.165) is 42.6 Å². The van der Waals surface area contributed by atoms with Gasteiger partial charge in [-0.25, -0.2) is 5.43 Å². The molecule has 0 radical (unpaired) electrons. The topological polar surface area (TPSA) is 59.9 Å². The maximum Gasteiger partial charge on any atom is 0.246 e. The number of rotatable bonds is 6. The largest absolute Gasteiger partial charge is 0.493 e.